The monoisotopic (exact) mass is 377 g/mol. The SMILES string of the molecule is CN(c1c(-c2ccccc2)cc(F)c(SCCCC(=O)O)c1F)C1CC1. The normalized spacial score (nSPS) is 13.7. The van der Waals surface area contributed by atoms with Crippen LogP contribution in [0.15, 0.2) is 41.3 Å². The molecule has 1 N–H and O–H groups in total. The summed E-state index contributed by atoms with van der Waals surface area (Å²) in [7, 11) is 1.85. The molecular weight excluding hydrogens is 356 g/mol. The second-order valence-electron chi connectivity index (χ2n) is 6.45. The third-order valence-corrected chi connectivity index (χ3v) is 5.62. The molecule has 1 saturated carbocycles. The van der Waals surface area contributed by atoms with Crippen LogP contribution in [0, 0.1) is 11.6 Å². The van der Waals surface area contributed by atoms with E-state index in [1.807, 2.05) is 42.3 Å². The molecule has 3 rings (SSSR count). The highest BCUT2D eigenvalue weighted by atomic mass is 32.2. The van der Waals surface area contributed by atoms with Gasteiger partial charge in [-0.1, -0.05) is 30.3 Å². The van der Waals surface area contributed by atoms with Crippen LogP contribution in [0.5, 0.6) is 0 Å². The molecule has 0 bridgehead atoms. The van der Waals surface area contributed by atoms with Gasteiger partial charge in [0.1, 0.15) is 5.82 Å². The number of nitrogens with zero attached hydrogens (tertiary/aromatic N) is 1. The Balaban J connectivity index is 1.97. The van der Waals surface area contributed by atoms with Crippen molar-refractivity contribution >= 4 is 23.4 Å². The van der Waals surface area contributed by atoms with Crippen molar-refractivity contribution in [3.05, 3.63) is 48.0 Å². The van der Waals surface area contributed by atoms with E-state index >= 15 is 4.39 Å². The molecule has 2 aromatic carbocycles. The van der Waals surface area contributed by atoms with E-state index in [4.69, 9.17) is 5.11 Å². The Kier molecular flexibility index (Phi) is 5.81. The van der Waals surface area contributed by atoms with Gasteiger partial charge in [0.2, 0.25) is 0 Å². The smallest absolute Gasteiger partial charge is 0.303 e. The molecule has 0 spiro atoms. The number of carboxylic acid groups (broad SMARTS) is 1. The van der Waals surface area contributed by atoms with Gasteiger partial charge in [0.05, 0.1) is 10.6 Å². The number of benzene rings is 2. The van der Waals surface area contributed by atoms with Crippen LogP contribution in [0.4, 0.5) is 14.5 Å². The summed E-state index contributed by atoms with van der Waals surface area (Å²) < 4.78 is 29.9. The molecule has 0 unspecified atom stereocenters. The Morgan fingerprint density at radius 1 is 1.27 bits per heavy atom. The van der Waals surface area contributed by atoms with Crippen molar-refractivity contribution in [3.8, 4) is 11.1 Å². The summed E-state index contributed by atoms with van der Waals surface area (Å²) in [5.74, 6) is -1.70. The number of hydrogen-bond donors (Lipinski definition) is 1. The van der Waals surface area contributed by atoms with E-state index in [1.54, 1.807) is 0 Å². The minimum atomic E-state index is -0.903. The van der Waals surface area contributed by atoms with Crippen molar-refractivity contribution in [2.24, 2.45) is 0 Å². The molecule has 26 heavy (non-hydrogen) atoms. The van der Waals surface area contributed by atoms with Crippen LogP contribution in [0.25, 0.3) is 11.1 Å². The first kappa shape index (κ1) is 18.7. The van der Waals surface area contributed by atoms with Crippen LogP contribution >= 0.6 is 11.8 Å². The van der Waals surface area contributed by atoms with E-state index in [-0.39, 0.29) is 17.4 Å². The lowest BCUT2D eigenvalue weighted by atomic mass is 10.0. The molecule has 0 atom stereocenters. The molecule has 0 aromatic heterocycles. The number of carbonyl (C=O) groups is 1. The molecule has 6 heteroatoms. The van der Waals surface area contributed by atoms with Gasteiger partial charge in [0, 0.05) is 25.1 Å². The van der Waals surface area contributed by atoms with Gasteiger partial charge < -0.3 is 10.0 Å². The molecule has 3 nitrogen and oxygen atoms in total. The minimum absolute atomic E-state index is 0.00677. The van der Waals surface area contributed by atoms with E-state index in [9.17, 15) is 9.18 Å². The van der Waals surface area contributed by atoms with Gasteiger partial charge in [-0.15, -0.1) is 11.8 Å². The molecule has 0 heterocycles. The maximum Gasteiger partial charge on any atom is 0.303 e. The van der Waals surface area contributed by atoms with Gasteiger partial charge in [-0.2, -0.15) is 0 Å². The third kappa shape index (κ3) is 4.18. The van der Waals surface area contributed by atoms with Crippen LogP contribution < -0.4 is 4.90 Å². The van der Waals surface area contributed by atoms with Gasteiger partial charge in [-0.05, 0) is 36.6 Å². The number of halogens is 2. The first-order chi connectivity index (χ1) is 12.5. The Morgan fingerprint density at radius 2 is 1.96 bits per heavy atom. The molecule has 0 aliphatic heterocycles. The van der Waals surface area contributed by atoms with Crippen molar-refractivity contribution < 1.29 is 18.7 Å². The second kappa shape index (κ2) is 8.08. The van der Waals surface area contributed by atoms with Gasteiger partial charge >= 0.3 is 5.97 Å². The molecule has 1 aliphatic rings. The van der Waals surface area contributed by atoms with Gasteiger partial charge in [-0.25, -0.2) is 8.78 Å². The number of thioether (sulfide) groups is 1. The summed E-state index contributed by atoms with van der Waals surface area (Å²) in [5, 5.41) is 8.70. The fourth-order valence-electron chi connectivity index (χ4n) is 2.95. The Bertz CT molecular complexity index is 794. The van der Waals surface area contributed by atoms with Crippen molar-refractivity contribution in [1.29, 1.82) is 0 Å². The topological polar surface area (TPSA) is 40.5 Å². The lowest BCUT2D eigenvalue weighted by molar-refractivity contribution is -0.137. The third-order valence-electron chi connectivity index (χ3n) is 4.46. The predicted molar refractivity (Wildman–Crippen MR) is 101 cm³/mol. The number of aliphatic carboxylic acids is 1. The zero-order valence-corrected chi connectivity index (χ0v) is 15.4. The highest BCUT2D eigenvalue weighted by Crippen LogP contribution is 2.43. The highest BCUT2D eigenvalue weighted by Gasteiger charge is 2.31. The van der Waals surface area contributed by atoms with Crippen molar-refractivity contribution in [2.45, 2.75) is 36.6 Å². The second-order valence-corrected chi connectivity index (χ2v) is 7.56. The van der Waals surface area contributed by atoms with E-state index in [2.05, 4.69) is 0 Å². The Hall–Kier alpha value is -2.08. The van der Waals surface area contributed by atoms with Crippen molar-refractivity contribution in [2.75, 3.05) is 17.7 Å². The summed E-state index contributed by atoms with van der Waals surface area (Å²) in [6.07, 6.45) is 2.37. The average molecular weight is 377 g/mol. The van der Waals surface area contributed by atoms with E-state index in [0.717, 1.165) is 30.2 Å². The van der Waals surface area contributed by atoms with Crippen molar-refractivity contribution in [3.63, 3.8) is 0 Å². The first-order valence-electron chi connectivity index (χ1n) is 8.64. The molecule has 138 valence electrons. The molecule has 0 saturated heterocycles. The van der Waals surface area contributed by atoms with E-state index < -0.39 is 17.6 Å². The summed E-state index contributed by atoms with van der Waals surface area (Å²) in [4.78, 5) is 12.5. The summed E-state index contributed by atoms with van der Waals surface area (Å²) in [6.45, 7) is 0. The van der Waals surface area contributed by atoms with Crippen LogP contribution in [-0.4, -0.2) is 29.9 Å². The summed E-state index contributed by atoms with van der Waals surface area (Å²) >= 11 is 1.04. The van der Waals surface area contributed by atoms with Gasteiger partial charge in [0.25, 0.3) is 0 Å². The molecule has 1 aliphatic carbocycles. The molecule has 2 aromatic rings. The van der Waals surface area contributed by atoms with Crippen LogP contribution in [0.3, 0.4) is 0 Å². The highest BCUT2D eigenvalue weighted by molar-refractivity contribution is 7.99. The molecule has 0 radical (unpaired) electrons. The van der Waals surface area contributed by atoms with E-state index in [0.29, 0.717) is 23.4 Å². The number of hydrogen-bond acceptors (Lipinski definition) is 3. The van der Waals surface area contributed by atoms with E-state index in [1.165, 1.54) is 6.07 Å². The minimum Gasteiger partial charge on any atom is -0.481 e. The Morgan fingerprint density at radius 3 is 2.58 bits per heavy atom. The fourth-order valence-corrected chi connectivity index (χ4v) is 3.86. The maximum absolute atomic E-state index is 15.3. The van der Waals surface area contributed by atoms with Crippen molar-refractivity contribution in [1.82, 2.24) is 0 Å². The summed E-state index contributed by atoms with van der Waals surface area (Å²) in [5.41, 5.74) is 1.74. The average Bonchev–Trinajstić information content (AvgIpc) is 3.45. The maximum atomic E-state index is 15.3. The summed E-state index contributed by atoms with van der Waals surface area (Å²) in [6, 6.07) is 10.9. The standard InChI is InChI=1S/C20H21F2NO2S/c1-23(14-9-10-14)19-15(13-6-3-2-4-7-13)12-16(21)20(18(19)22)26-11-5-8-17(24)25/h2-4,6-7,12,14H,5,8-11H2,1H3,(H,24,25). The largest absolute Gasteiger partial charge is 0.481 e. The van der Waals surface area contributed by atoms with Crippen LogP contribution in [0.2, 0.25) is 0 Å². The van der Waals surface area contributed by atoms with Gasteiger partial charge in [0.15, 0.2) is 5.82 Å². The zero-order chi connectivity index (χ0) is 18.7. The zero-order valence-electron chi connectivity index (χ0n) is 14.5. The quantitative estimate of drug-likeness (QED) is 0.508. The lowest BCUT2D eigenvalue weighted by Crippen LogP contribution is -2.22. The Labute approximate surface area is 156 Å². The lowest BCUT2D eigenvalue weighted by Gasteiger charge is -2.24. The van der Waals surface area contributed by atoms with Crippen LogP contribution in [-0.2, 0) is 4.79 Å². The predicted octanol–water partition coefficient (Wildman–Crippen LogP) is 5.19. The molecule has 1 fully saturated rings. The number of rotatable bonds is 8. The number of carboxylic acids is 1. The van der Waals surface area contributed by atoms with Crippen LogP contribution in [0.1, 0.15) is 25.7 Å². The van der Waals surface area contributed by atoms with Gasteiger partial charge in [-0.3, -0.25) is 4.79 Å². The molecular formula is C20H21F2NO2S. The fraction of sp³-hybridized carbons (Fsp3) is 0.350. The number of anilines is 1. The first-order valence-corrected chi connectivity index (χ1v) is 9.62. The molecule has 0 amide bonds.